The molecule has 0 bridgehead atoms. The van der Waals surface area contributed by atoms with Gasteiger partial charge in [0.2, 0.25) is 0 Å². The zero-order valence-corrected chi connectivity index (χ0v) is 11.4. The summed E-state index contributed by atoms with van der Waals surface area (Å²) in [6, 6.07) is 9.29. The van der Waals surface area contributed by atoms with Crippen molar-refractivity contribution in [1.82, 2.24) is 0 Å². The normalized spacial score (nSPS) is 13.2. The Labute approximate surface area is 123 Å². The summed E-state index contributed by atoms with van der Waals surface area (Å²) in [4.78, 5) is 0. The summed E-state index contributed by atoms with van der Waals surface area (Å²) < 4.78 is 51.8. The predicted octanol–water partition coefficient (Wildman–Crippen LogP) is 4.77. The van der Waals surface area contributed by atoms with E-state index in [9.17, 15) is 22.7 Å². The number of rotatable bonds is 3. The maximum atomic E-state index is 13.9. The van der Waals surface area contributed by atoms with Crippen LogP contribution in [0.15, 0.2) is 42.5 Å². The van der Waals surface area contributed by atoms with E-state index in [1.165, 1.54) is 0 Å². The number of hydrogen-bond acceptors (Lipinski definition) is 1. The Bertz CT molecular complexity index is 623. The zero-order valence-electron chi connectivity index (χ0n) is 10.7. The number of hydrogen-bond donors (Lipinski definition) is 1. The molecule has 6 heteroatoms. The second-order valence-electron chi connectivity index (χ2n) is 4.55. The molecule has 1 atom stereocenters. The average Bonchev–Trinajstić information content (AvgIpc) is 2.40. The molecule has 0 radical (unpaired) electrons. The van der Waals surface area contributed by atoms with Gasteiger partial charge in [-0.25, -0.2) is 4.39 Å². The summed E-state index contributed by atoms with van der Waals surface area (Å²) in [5.74, 6) is -1.44. The molecule has 0 aliphatic heterocycles. The minimum Gasteiger partial charge on any atom is -0.388 e. The third kappa shape index (κ3) is 3.74. The highest BCUT2D eigenvalue weighted by atomic mass is 35.5. The van der Waals surface area contributed by atoms with Gasteiger partial charge in [0.1, 0.15) is 5.82 Å². The zero-order chi connectivity index (χ0) is 15.6. The van der Waals surface area contributed by atoms with E-state index >= 15 is 0 Å². The molecule has 0 aliphatic rings. The molecule has 1 N–H and O–H groups in total. The van der Waals surface area contributed by atoms with Crippen molar-refractivity contribution in [2.24, 2.45) is 0 Å². The van der Waals surface area contributed by atoms with Gasteiger partial charge in [0.25, 0.3) is 0 Å². The lowest BCUT2D eigenvalue weighted by atomic mass is 9.99. The number of alkyl halides is 3. The minimum atomic E-state index is -4.79. The summed E-state index contributed by atoms with van der Waals surface area (Å²) in [7, 11) is 0. The van der Waals surface area contributed by atoms with Gasteiger partial charge in [-0.05, 0) is 23.8 Å². The summed E-state index contributed by atoms with van der Waals surface area (Å²) in [5, 5.41) is 10.5. The molecule has 0 aliphatic carbocycles. The number of aliphatic hydroxyl groups is 1. The van der Waals surface area contributed by atoms with Crippen LogP contribution in [-0.2, 0) is 12.6 Å². The van der Waals surface area contributed by atoms with Crippen LogP contribution in [0.2, 0.25) is 5.02 Å². The van der Waals surface area contributed by atoms with Gasteiger partial charge in [-0.1, -0.05) is 35.9 Å². The van der Waals surface area contributed by atoms with Crippen LogP contribution in [-0.4, -0.2) is 5.11 Å². The second-order valence-corrected chi connectivity index (χ2v) is 4.99. The highest BCUT2D eigenvalue weighted by molar-refractivity contribution is 6.30. The van der Waals surface area contributed by atoms with Gasteiger partial charge in [-0.2, -0.15) is 13.2 Å². The van der Waals surface area contributed by atoms with Crippen LogP contribution in [0.4, 0.5) is 17.6 Å². The van der Waals surface area contributed by atoms with Crippen LogP contribution in [0.1, 0.15) is 22.8 Å². The van der Waals surface area contributed by atoms with E-state index in [0.29, 0.717) is 16.7 Å². The van der Waals surface area contributed by atoms with Crippen molar-refractivity contribution in [3.8, 4) is 0 Å². The predicted molar refractivity (Wildman–Crippen MR) is 71.5 cm³/mol. The summed E-state index contributed by atoms with van der Waals surface area (Å²) in [5.41, 5.74) is -1.11. The summed E-state index contributed by atoms with van der Waals surface area (Å²) in [6.45, 7) is 0. The van der Waals surface area contributed by atoms with Crippen LogP contribution in [0.25, 0.3) is 0 Å². The van der Waals surface area contributed by atoms with Gasteiger partial charge in [-0.15, -0.1) is 0 Å². The first-order valence-electron chi connectivity index (χ1n) is 6.07. The molecule has 21 heavy (non-hydrogen) atoms. The Hall–Kier alpha value is -1.59. The molecule has 0 amide bonds. The van der Waals surface area contributed by atoms with Gasteiger partial charge in [-0.3, -0.25) is 0 Å². The van der Waals surface area contributed by atoms with E-state index < -0.39 is 23.7 Å². The number of halogens is 5. The Morgan fingerprint density at radius 3 is 2.24 bits per heavy atom. The molecule has 0 saturated heterocycles. The molecule has 2 aromatic rings. The maximum Gasteiger partial charge on any atom is 0.419 e. The number of aliphatic hydroxyl groups excluding tert-OH is 1. The Morgan fingerprint density at radius 1 is 1.05 bits per heavy atom. The first-order valence-corrected chi connectivity index (χ1v) is 6.45. The van der Waals surface area contributed by atoms with Crippen LogP contribution in [0.5, 0.6) is 0 Å². The standard InChI is InChI=1S/C15H11ClF4O/c16-10-6-4-9(5-7-10)8-13(21)11-2-1-3-12(14(11)17)15(18,19)20/h1-7,13,21H,8H2. The van der Waals surface area contributed by atoms with Gasteiger partial charge >= 0.3 is 6.18 Å². The highest BCUT2D eigenvalue weighted by Crippen LogP contribution is 2.34. The topological polar surface area (TPSA) is 20.2 Å². The van der Waals surface area contributed by atoms with Gasteiger partial charge in [0.05, 0.1) is 11.7 Å². The molecule has 112 valence electrons. The second kappa shape index (κ2) is 6.03. The molecule has 0 spiro atoms. The van der Waals surface area contributed by atoms with E-state index in [4.69, 9.17) is 11.6 Å². The molecular weight excluding hydrogens is 308 g/mol. The fourth-order valence-electron chi connectivity index (χ4n) is 1.98. The van der Waals surface area contributed by atoms with Crippen molar-refractivity contribution >= 4 is 11.6 Å². The van der Waals surface area contributed by atoms with Crippen molar-refractivity contribution in [2.75, 3.05) is 0 Å². The fraction of sp³-hybridized carbons (Fsp3) is 0.200. The van der Waals surface area contributed by atoms with Gasteiger partial charge in [0, 0.05) is 17.0 Å². The molecule has 0 saturated carbocycles. The lowest BCUT2D eigenvalue weighted by molar-refractivity contribution is -0.140. The number of benzene rings is 2. The molecule has 2 aromatic carbocycles. The summed E-state index contributed by atoms with van der Waals surface area (Å²) >= 11 is 5.71. The molecule has 2 rings (SSSR count). The molecule has 0 fully saturated rings. The third-order valence-corrected chi connectivity index (χ3v) is 3.29. The molecular formula is C15H11ClF4O. The van der Waals surface area contributed by atoms with Crippen LogP contribution < -0.4 is 0 Å². The van der Waals surface area contributed by atoms with Gasteiger partial charge in [0.15, 0.2) is 0 Å². The molecule has 1 nitrogen and oxygen atoms in total. The van der Waals surface area contributed by atoms with Crippen molar-refractivity contribution in [3.05, 3.63) is 70.0 Å². The minimum absolute atomic E-state index is 0.00456. The molecule has 1 unspecified atom stereocenters. The van der Waals surface area contributed by atoms with Crippen molar-refractivity contribution in [1.29, 1.82) is 0 Å². The first-order chi connectivity index (χ1) is 9.79. The lowest BCUT2D eigenvalue weighted by Crippen LogP contribution is -2.12. The maximum absolute atomic E-state index is 13.9. The van der Waals surface area contributed by atoms with Crippen LogP contribution in [0.3, 0.4) is 0 Å². The average molecular weight is 319 g/mol. The SMILES string of the molecule is OC(Cc1ccc(Cl)cc1)c1cccc(C(F)(F)F)c1F. The summed E-state index contributed by atoms with van der Waals surface area (Å²) in [6.07, 6.45) is -6.16. The fourth-order valence-corrected chi connectivity index (χ4v) is 2.11. The van der Waals surface area contributed by atoms with Crippen LogP contribution >= 0.6 is 11.6 Å². The van der Waals surface area contributed by atoms with E-state index in [-0.39, 0.29) is 12.0 Å². The van der Waals surface area contributed by atoms with E-state index in [0.717, 1.165) is 12.1 Å². The van der Waals surface area contributed by atoms with Crippen molar-refractivity contribution in [3.63, 3.8) is 0 Å². The van der Waals surface area contributed by atoms with E-state index in [1.54, 1.807) is 24.3 Å². The Morgan fingerprint density at radius 2 is 1.67 bits per heavy atom. The Balaban J connectivity index is 2.27. The van der Waals surface area contributed by atoms with Crippen molar-refractivity contribution < 1.29 is 22.7 Å². The Kier molecular flexibility index (Phi) is 4.54. The first kappa shape index (κ1) is 15.8. The molecule has 0 heterocycles. The van der Waals surface area contributed by atoms with Gasteiger partial charge < -0.3 is 5.11 Å². The third-order valence-electron chi connectivity index (χ3n) is 3.04. The monoisotopic (exact) mass is 318 g/mol. The largest absolute Gasteiger partial charge is 0.419 e. The highest BCUT2D eigenvalue weighted by Gasteiger charge is 2.35. The quantitative estimate of drug-likeness (QED) is 0.808. The lowest BCUT2D eigenvalue weighted by Gasteiger charge is -2.15. The van der Waals surface area contributed by atoms with Crippen LogP contribution in [0, 0.1) is 5.82 Å². The smallest absolute Gasteiger partial charge is 0.388 e. The molecule has 0 aromatic heterocycles. The van der Waals surface area contributed by atoms with E-state index in [2.05, 4.69) is 0 Å². The van der Waals surface area contributed by atoms with Crippen molar-refractivity contribution in [2.45, 2.75) is 18.7 Å². The van der Waals surface area contributed by atoms with E-state index in [1.807, 2.05) is 0 Å².